The van der Waals surface area contributed by atoms with Crippen LogP contribution in [0, 0.1) is 0 Å². The SMILES string of the molecule is COC(=O)[C@](N)(CCCN)C(F)(Cl)Cl. The maximum absolute atomic E-state index is 13.3. The fraction of sp³-hybridized carbons (Fsp3) is 0.857. The van der Waals surface area contributed by atoms with Gasteiger partial charge in [0, 0.05) is 0 Å². The van der Waals surface area contributed by atoms with E-state index in [1.165, 1.54) is 0 Å². The Morgan fingerprint density at radius 3 is 2.36 bits per heavy atom. The highest BCUT2D eigenvalue weighted by molar-refractivity contribution is 6.49. The van der Waals surface area contributed by atoms with Crippen LogP contribution in [0.4, 0.5) is 4.39 Å². The van der Waals surface area contributed by atoms with Gasteiger partial charge in [-0.2, -0.15) is 0 Å². The van der Waals surface area contributed by atoms with E-state index in [2.05, 4.69) is 4.74 Å². The lowest BCUT2D eigenvalue weighted by Crippen LogP contribution is -2.59. The minimum atomic E-state index is -2.88. The molecule has 0 aromatic rings. The van der Waals surface area contributed by atoms with Crippen LogP contribution >= 0.6 is 23.2 Å². The summed E-state index contributed by atoms with van der Waals surface area (Å²) < 4.78 is 14.7. The van der Waals surface area contributed by atoms with Crippen molar-refractivity contribution in [3.05, 3.63) is 0 Å². The van der Waals surface area contributed by atoms with Crippen LogP contribution in [0.25, 0.3) is 0 Å². The van der Waals surface area contributed by atoms with E-state index < -0.39 is 16.1 Å². The Morgan fingerprint density at radius 2 is 2.07 bits per heavy atom. The molecule has 1 atom stereocenters. The number of nitrogens with two attached hydrogens (primary N) is 2. The highest BCUT2D eigenvalue weighted by Gasteiger charge is 2.53. The zero-order valence-corrected chi connectivity index (χ0v) is 9.24. The summed E-state index contributed by atoms with van der Waals surface area (Å²) in [5.74, 6) is -1.00. The Hall–Kier alpha value is -0.100. The fourth-order valence-corrected chi connectivity index (χ4v) is 1.27. The van der Waals surface area contributed by atoms with Crippen LogP contribution in [0.2, 0.25) is 0 Å². The molecule has 0 heterocycles. The van der Waals surface area contributed by atoms with Crippen LogP contribution in [0.3, 0.4) is 0 Å². The van der Waals surface area contributed by atoms with Crippen molar-refractivity contribution in [2.45, 2.75) is 23.0 Å². The summed E-state index contributed by atoms with van der Waals surface area (Å²) in [6.45, 7) is 0.250. The molecule has 0 unspecified atom stereocenters. The summed E-state index contributed by atoms with van der Waals surface area (Å²) in [6, 6.07) is 0. The van der Waals surface area contributed by atoms with Crippen molar-refractivity contribution in [3.63, 3.8) is 0 Å². The van der Waals surface area contributed by atoms with Crippen molar-refractivity contribution >= 4 is 29.2 Å². The molecule has 0 saturated heterocycles. The van der Waals surface area contributed by atoms with E-state index in [0.717, 1.165) is 7.11 Å². The van der Waals surface area contributed by atoms with Crippen LogP contribution < -0.4 is 11.5 Å². The third kappa shape index (κ3) is 2.95. The van der Waals surface area contributed by atoms with E-state index in [1.54, 1.807) is 0 Å². The van der Waals surface area contributed by atoms with Crippen LogP contribution in [0.5, 0.6) is 0 Å². The molecule has 0 spiro atoms. The van der Waals surface area contributed by atoms with Crippen LogP contribution in [0.15, 0.2) is 0 Å². The van der Waals surface area contributed by atoms with Gasteiger partial charge in [0.05, 0.1) is 7.11 Å². The fourth-order valence-electron chi connectivity index (χ4n) is 0.923. The monoisotopic (exact) mass is 246 g/mol. The molecular formula is C7H13Cl2FN2O2. The second-order valence-corrected chi connectivity index (χ2v) is 4.09. The smallest absolute Gasteiger partial charge is 0.331 e. The Labute approximate surface area is 91.7 Å². The normalized spacial score (nSPS) is 16.1. The molecular weight excluding hydrogens is 234 g/mol. The van der Waals surface area contributed by atoms with Gasteiger partial charge in [-0.25, -0.2) is 9.18 Å². The first-order chi connectivity index (χ1) is 6.29. The van der Waals surface area contributed by atoms with E-state index in [4.69, 9.17) is 34.7 Å². The lowest BCUT2D eigenvalue weighted by molar-refractivity contribution is -0.149. The molecule has 0 fully saturated rings. The zero-order valence-electron chi connectivity index (χ0n) is 7.73. The standard InChI is InChI=1S/C7H13Cl2FN2O2/c1-14-5(13)6(12,3-2-4-11)7(8,9)10/h2-4,11-12H2,1H3/t6-/m1/s1. The Morgan fingerprint density at radius 1 is 1.57 bits per heavy atom. The molecule has 0 bridgehead atoms. The molecule has 0 aliphatic heterocycles. The number of halogens is 3. The number of hydrogen-bond donors (Lipinski definition) is 2. The Kier molecular flexibility index (Phi) is 5.08. The number of rotatable bonds is 5. The van der Waals surface area contributed by atoms with Gasteiger partial charge in [0.15, 0.2) is 5.54 Å². The molecule has 0 aromatic carbocycles. The lowest BCUT2D eigenvalue weighted by atomic mass is 9.96. The number of ether oxygens (including phenoxy) is 1. The van der Waals surface area contributed by atoms with Crippen molar-refractivity contribution in [1.82, 2.24) is 0 Å². The van der Waals surface area contributed by atoms with Gasteiger partial charge in [-0.05, 0) is 19.4 Å². The molecule has 84 valence electrons. The van der Waals surface area contributed by atoms with Crippen LogP contribution in [-0.2, 0) is 9.53 Å². The van der Waals surface area contributed by atoms with Gasteiger partial charge in [0.1, 0.15) is 0 Å². The molecule has 7 heteroatoms. The summed E-state index contributed by atoms with van der Waals surface area (Å²) >= 11 is 10.4. The largest absolute Gasteiger partial charge is 0.467 e. The second-order valence-electron chi connectivity index (χ2n) is 2.85. The molecule has 0 aromatic heterocycles. The highest BCUT2D eigenvalue weighted by atomic mass is 35.5. The second kappa shape index (κ2) is 5.11. The summed E-state index contributed by atoms with van der Waals surface area (Å²) in [7, 11) is 1.08. The van der Waals surface area contributed by atoms with Gasteiger partial charge in [0.25, 0.3) is 4.59 Å². The first-order valence-corrected chi connectivity index (χ1v) is 4.69. The molecule has 0 aliphatic carbocycles. The van der Waals surface area contributed by atoms with Gasteiger partial charge >= 0.3 is 5.97 Å². The third-order valence-electron chi connectivity index (χ3n) is 1.83. The first kappa shape index (κ1) is 13.9. The zero-order chi connectivity index (χ0) is 11.4. The molecule has 14 heavy (non-hydrogen) atoms. The molecule has 0 aliphatic rings. The molecule has 4 nitrogen and oxygen atoms in total. The van der Waals surface area contributed by atoms with Crippen molar-refractivity contribution in [1.29, 1.82) is 0 Å². The van der Waals surface area contributed by atoms with E-state index in [-0.39, 0.29) is 13.0 Å². The Bertz CT molecular complexity index is 210. The summed E-state index contributed by atoms with van der Waals surface area (Å²) in [5, 5.41) is 0. The maximum atomic E-state index is 13.3. The molecule has 0 rings (SSSR count). The maximum Gasteiger partial charge on any atom is 0.331 e. The predicted molar refractivity (Wildman–Crippen MR) is 52.8 cm³/mol. The van der Waals surface area contributed by atoms with E-state index in [9.17, 15) is 9.18 Å². The minimum absolute atomic E-state index is 0.0837. The third-order valence-corrected chi connectivity index (χ3v) is 2.51. The van der Waals surface area contributed by atoms with Gasteiger partial charge < -0.3 is 16.2 Å². The van der Waals surface area contributed by atoms with Crippen molar-refractivity contribution in [2.75, 3.05) is 13.7 Å². The van der Waals surface area contributed by atoms with Gasteiger partial charge in [-0.1, -0.05) is 23.2 Å². The molecule has 0 saturated carbocycles. The number of carbonyl (C=O) groups excluding carboxylic acids is 1. The average Bonchev–Trinajstić information content (AvgIpc) is 2.10. The molecule has 4 N–H and O–H groups in total. The van der Waals surface area contributed by atoms with Gasteiger partial charge in [-0.3, -0.25) is 0 Å². The van der Waals surface area contributed by atoms with E-state index in [0.29, 0.717) is 6.42 Å². The number of methoxy groups -OCH3 is 1. The lowest BCUT2D eigenvalue weighted by Gasteiger charge is -2.31. The summed E-state index contributed by atoms with van der Waals surface area (Å²) in [6.07, 6.45) is 0.233. The van der Waals surface area contributed by atoms with Crippen molar-refractivity contribution < 1.29 is 13.9 Å². The Balaban J connectivity index is 4.76. The van der Waals surface area contributed by atoms with Gasteiger partial charge in [-0.15, -0.1) is 0 Å². The first-order valence-electron chi connectivity index (χ1n) is 3.93. The quantitative estimate of drug-likeness (QED) is 0.553. The van der Waals surface area contributed by atoms with Crippen molar-refractivity contribution in [2.24, 2.45) is 11.5 Å². The predicted octanol–water partition coefficient (Wildman–Crippen LogP) is 0.697. The number of hydrogen-bond acceptors (Lipinski definition) is 4. The van der Waals surface area contributed by atoms with Crippen molar-refractivity contribution in [3.8, 4) is 0 Å². The van der Waals surface area contributed by atoms with Crippen LogP contribution in [0.1, 0.15) is 12.8 Å². The number of esters is 1. The summed E-state index contributed by atoms with van der Waals surface area (Å²) in [4.78, 5) is 11.2. The highest BCUT2D eigenvalue weighted by Crippen LogP contribution is 2.37. The van der Waals surface area contributed by atoms with Gasteiger partial charge in [0.2, 0.25) is 0 Å². The number of alkyl halides is 3. The summed E-state index contributed by atoms with van der Waals surface area (Å²) in [5.41, 5.74) is 8.57. The topological polar surface area (TPSA) is 78.3 Å². The molecule has 0 radical (unpaired) electrons. The molecule has 0 amide bonds. The minimum Gasteiger partial charge on any atom is -0.467 e. The van der Waals surface area contributed by atoms with E-state index >= 15 is 0 Å². The van der Waals surface area contributed by atoms with Crippen LogP contribution in [-0.4, -0.2) is 29.7 Å². The van der Waals surface area contributed by atoms with E-state index in [1.807, 2.05) is 0 Å². The average molecular weight is 247 g/mol. The number of carbonyl (C=O) groups is 1.